The smallest absolute Gasteiger partial charge is 0.183 e. The highest BCUT2D eigenvalue weighted by molar-refractivity contribution is 5.12. The van der Waals surface area contributed by atoms with E-state index in [1.807, 2.05) is 24.3 Å². The third-order valence-corrected chi connectivity index (χ3v) is 5.61. The predicted molar refractivity (Wildman–Crippen MR) is 108 cm³/mol. The molecular weight excluding hydrogens is 404 g/mol. The molecule has 31 heavy (non-hydrogen) atoms. The van der Waals surface area contributed by atoms with Gasteiger partial charge in [0.2, 0.25) is 0 Å². The summed E-state index contributed by atoms with van der Waals surface area (Å²) < 4.78 is 29.3. The molecule has 0 atom stereocenters. The van der Waals surface area contributed by atoms with Crippen molar-refractivity contribution in [2.24, 2.45) is 10.8 Å². The van der Waals surface area contributed by atoms with E-state index in [1.165, 1.54) is 0 Å². The lowest BCUT2D eigenvalue weighted by Crippen LogP contribution is -2.48. The number of hydrogen-bond acceptors (Lipinski definition) is 9. The average Bonchev–Trinajstić information content (AvgIpc) is 2.86. The third kappa shape index (κ3) is 5.27. The van der Waals surface area contributed by atoms with Crippen LogP contribution in [0.25, 0.3) is 0 Å². The molecule has 2 aromatic heterocycles. The molecule has 9 heteroatoms. The van der Waals surface area contributed by atoms with E-state index in [-0.39, 0.29) is 26.4 Å². The summed E-state index contributed by atoms with van der Waals surface area (Å²) in [6, 6.07) is 7.33. The normalized spacial score (nSPS) is 31.4. The van der Waals surface area contributed by atoms with E-state index in [0.29, 0.717) is 26.4 Å². The van der Waals surface area contributed by atoms with Crippen LogP contribution in [0.15, 0.2) is 49.1 Å². The number of aliphatic hydroxyl groups excluding tert-OH is 2. The molecule has 4 heterocycles. The lowest BCUT2D eigenvalue weighted by molar-refractivity contribution is -0.267. The highest BCUT2D eigenvalue weighted by Crippen LogP contribution is 2.34. The molecule has 0 radical (unpaired) electrons. The number of nitrogens with zero attached hydrogens (tertiary/aromatic N) is 2. The summed E-state index contributed by atoms with van der Waals surface area (Å²) in [4.78, 5) is 7.98. The average molecular weight is 432 g/mol. The fraction of sp³-hybridized carbons (Fsp3) is 0.545. The summed E-state index contributed by atoms with van der Waals surface area (Å²) >= 11 is 0. The van der Waals surface area contributed by atoms with E-state index in [4.69, 9.17) is 23.7 Å². The van der Waals surface area contributed by atoms with Crippen molar-refractivity contribution in [1.29, 1.82) is 0 Å². The van der Waals surface area contributed by atoms with Crippen LogP contribution in [-0.4, -0.2) is 73.0 Å². The summed E-state index contributed by atoms with van der Waals surface area (Å²) in [6.45, 7) is 1.34. The van der Waals surface area contributed by atoms with Gasteiger partial charge in [0.05, 0.1) is 63.7 Å². The van der Waals surface area contributed by atoms with Gasteiger partial charge in [0.15, 0.2) is 12.6 Å². The number of rotatable bonds is 8. The zero-order valence-corrected chi connectivity index (χ0v) is 17.3. The van der Waals surface area contributed by atoms with Gasteiger partial charge in [-0.05, 0) is 24.3 Å². The van der Waals surface area contributed by atoms with Crippen molar-refractivity contribution >= 4 is 0 Å². The second kappa shape index (κ2) is 10.1. The van der Waals surface area contributed by atoms with Gasteiger partial charge in [-0.2, -0.15) is 0 Å². The van der Waals surface area contributed by atoms with Crippen molar-refractivity contribution in [3.05, 3.63) is 60.2 Å². The van der Waals surface area contributed by atoms with E-state index in [1.54, 1.807) is 24.8 Å². The van der Waals surface area contributed by atoms with E-state index in [2.05, 4.69) is 9.97 Å². The molecule has 0 spiro atoms. The highest BCUT2D eigenvalue weighted by atomic mass is 16.7. The minimum absolute atomic E-state index is 0.140. The number of hydrogen-bond donors (Lipinski definition) is 2. The first-order chi connectivity index (χ1) is 15.2. The molecule has 0 amide bonds. The Balaban J connectivity index is 1.27. The molecule has 2 N–H and O–H groups in total. The van der Waals surface area contributed by atoms with Gasteiger partial charge < -0.3 is 33.9 Å². The lowest BCUT2D eigenvalue weighted by Gasteiger charge is -2.41. The molecule has 0 bridgehead atoms. The van der Waals surface area contributed by atoms with Crippen LogP contribution in [0, 0.1) is 10.8 Å². The van der Waals surface area contributed by atoms with Gasteiger partial charge in [-0.15, -0.1) is 0 Å². The van der Waals surface area contributed by atoms with Crippen LogP contribution in [0.2, 0.25) is 0 Å². The summed E-state index contributed by atoms with van der Waals surface area (Å²) in [5, 5.41) is 19.9. The van der Waals surface area contributed by atoms with Crippen LogP contribution < -0.4 is 0 Å². The maximum Gasteiger partial charge on any atom is 0.183 e. The Morgan fingerprint density at radius 1 is 0.710 bits per heavy atom. The van der Waals surface area contributed by atoms with Gasteiger partial charge in [0.1, 0.15) is 0 Å². The minimum Gasteiger partial charge on any atom is -0.396 e. The zero-order valence-electron chi connectivity index (χ0n) is 17.3. The Morgan fingerprint density at radius 3 is 1.39 bits per heavy atom. The molecule has 2 aliphatic rings. The molecule has 2 saturated heterocycles. The summed E-state index contributed by atoms with van der Waals surface area (Å²) in [5.74, 6) is 0. The molecular formula is C22H28N2O7. The van der Waals surface area contributed by atoms with E-state index in [0.717, 1.165) is 11.1 Å². The Labute approximate surface area is 180 Å². The minimum atomic E-state index is -0.671. The molecule has 2 aromatic rings. The van der Waals surface area contributed by atoms with Crippen molar-refractivity contribution in [2.45, 2.75) is 12.6 Å². The summed E-state index contributed by atoms with van der Waals surface area (Å²) in [5.41, 5.74) is 0.413. The molecule has 0 aromatic carbocycles. The van der Waals surface area contributed by atoms with Crippen molar-refractivity contribution in [2.75, 3.05) is 52.9 Å². The van der Waals surface area contributed by atoms with Crippen LogP contribution >= 0.6 is 0 Å². The molecule has 9 nitrogen and oxygen atoms in total. The quantitative estimate of drug-likeness (QED) is 0.636. The van der Waals surface area contributed by atoms with Crippen molar-refractivity contribution in [3.8, 4) is 0 Å². The first kappa shape index (κ1) is 22.2. The molecule has 0 unspecified atom stereocenters. The topological polar surface area (TPSA) is 112 Å². The van der Waals surface area contributed by atoms with Crippen LogP contribution in [0.5, 0.6) is 0 Å². The van der Waals surface area contributed by atoms with Crippen LogP contribution in [0.1, 0.15) is 23.7 Å². The SMILES string of the molecule is OCC1(COCC2(CO)COC(c3ccncc3)OC2)COC(c2ccncc2)OC1. The Morgan fingerprint density at radius 2 is 1.06 bits per heavy atom. The van der Waals surface area contributed by atoms with Gasteiger partial charge in [-0.25, -0.2) is 0 Å². The maximum absolute atomic E-state index is 9.96. The molecule has 168 valence electrons. The van der Waals surface area contributed by atoms with Crippen LogP contribution in [0.3, 0.4) is 0 Å². The Kier molecular flexibility index (Phi) is 7.24. The first-order valence-corrected chi connectivity index (χ1v) is 10.2. The molecule has 4 rings (SSSR count). The lowest BCUT2D eigenvalue weighted by atomic mass is 9.89. The number of aromatic nitrogens is 2. The van der Waals surface area contributed by atoms with E-state index in [9.17, 15) is 10.2 Å². The summed E-state index contributed by atoms with van der Waals surface area (Å²) in [6.07, 6.45) is 5.75. The maximum atomic E-state index is 9.96. The van der Waals surface area contributed by atoms with Crippen LogP contribution in [-0.2, 0) is 23.7 Å². The second-order valence-electron chi connectivity index (χ2n) is 8.28. The van der Waals surface area contributed by atoms with Crippen LogP contribution in [0.4, 0.5) is 0 Å². The first-order valence-electron chi connectivity index (χ1n) is 10.2. The zero-order chi connectivity index (χ0) is 21.6. The fourth-order valence-electron chi connectivity index (χ4n) is 3.54. The van der Waals surface area contributed by atoms with E-state index >= 15 is 0 Å². The third-order valence-electron chi connectivity index (χ3n) is 5.61. The Hall–Kier alpha value is -1.98. The number of pyridine rings is 2. The molecule has 0 aliphatic carbocycles. The number of aliphatic hydroxyl groups is 2. The molecule has 2 fully saturated rings. The highest BCUT2D eigenvalue weighted by Gasteiger charge is 2.41. The van der Waals surface area contributed by atoms with Gasteiger partial charge in [-0.3, -0.25) is 9.97 Å². The fourth-order valence-corrected chi connectivity index (χ4v) is 3.54. The van der Waals surface area contributed by atoms with Gasteiger partial charge >= 0.3 is 0 Å². The van der Waals surface area contributed by atoms with Crippen molar-refractivity contribution < 1.29 is 33.9 Å². The predicted octanol–water partition coefficient (Wildman–Crippen LogP) is 1.24. The standard InChI is InChI=1S/C22H28N2O7/c25-9-21(13-28-19(29-14-21)17-1-5-23-6-2-17)11-27-12-22(10-26)15-30-20(31-16-22)18-3-7-24-8-4-18/h1-8,19-20,25-26H,9-16H2. The monoisotopic (exact) mass is 432 g/mol. The largest absolute Gasteiger partial charge is 0.396 e. The van der Waals surface area contributed by atoms with Gasteiger partial charge in [0, 0.05) is 35.9 Å². The summed E-state index contributed by atoms with van der Waals surface area (Å²) in [7, 11) is 0. The Bertz CT molecular complexity index is 725. The second-order valence-corrected chi connectivity index (χ2v) is 8.28. The van der Waals surface area contributed by atoms with Gasteiger partial charge in [-0.1, -0.05) is 0 Å². The van der Waals surface area contributed by atoms with Gasteiger partial charge in [0.25, 0.3) is 0 Å². The molecule has 0 saturated carbocycles. The molecule has 2 aliphatic heterocycles. The van der Waals surface area contributed by atoms with Crippen molar-refractivity contribution in [3.63, 3.8) is 0 Å². The number of ether oxygens (including phenoxy) is 5. The van der Waals surface area contributed by atoms with Crippen molar-refractivity contribution in [1.82, 2.24) is 9.97 Å². The van der Waals surface area contributed by atoms with E-state index < -0.39 is 23.4 Å².